The summed E-state index contributed by atoms with van der Waals surface area (Å²) in [5.41, 5.74) is 1.65. The van der Waals surface area contributed by atoms with E-state index in [1.807, 2.05) is 11.0 Å². The van der Waals surface area contributed by atoms with Crippen LogP contribution in [-0.4, -0.2) is 37.6 Å². The smallest absolute Gasteiger partial charge is 0.258 e. The second-order valence-electron chi connectivity index (χ2n) is 4.26. The highest BCUT2D eigenvalue weighted by atomic mass is 35.5. The highest BCUT2D eigenvalue weighted by Crippen LogP contribution is 2.42. The van der Waals surface area contributed by atoms with Crippen molar-refractivity contribution >= 4 is 29.9 Å². The van der Waals surface area contributed by atoms with Gasteiger partial charge in [-0.1, -0.05) is 17.7 Å². The number of hydrogen-bond acceptors (Lipinski definition) is 3. The van der Waals surface area contributed by atoms with Crippen LogP contribution in [0.2, 0.25) is 5.02 Å². The number of piperazine rings is 1. The molecule has 1 atom stereocenters. The van der Waals surface area contributed by atoms with E-state index in [2.05, 4.69) is 5.32 Å². The van der Waals surface area contributed by atoms with Gasteiger partial charge in [-0.3, -0.25) is 4.79 Å². The minimum atomic E-state index is 0. The summed E-state index contributed by atoms with van der Waals surface area (Å²) in [5, 5.41) is 3.79. The van der Waals surface area contributed by atoms with Gasteiger partial charge in [-0.25, -0.2) is 0 Å². The molecule has 1 aromatic carbocycles. The summed E-state index contributed by atoms with van der Waals surface area (Å²) < 4.78 is 5.26. The van der Waals surface area contributed by atoms with Gasteiger partial charge in [0, 0.05) is 19.6 Å². The molecular weight excluding hydrogens is 275 g/mol. The molecule has 0 aliphatic carbocycles. The number of fused-ring (bicyclic) bond motifs is 3. The molecule has 18 heavy (non-hydrogen) atoms. The molecule has 2 heterocycles. The first-order valence-electron chi connectivity index (χ1n) is 5.62. The van der Waals surface area contributed by atoms with Crippen LogP contribution >= 0.6 is 24.0 Å². The number of rotatable bonds is 1. The van der Waals surface area contributed by atoms with E-state index in [-0.39, 0.29) is 24.4 Å². The van der Waals surface area contributed by atoms with Gasteiger partial charge in [0.25, 0.3) is 5.91 Å². The number of ether oxygens (including phenoxy) is 1. The van der Waals surface area contributed by atoms with E-state index in [1.54, 1.807) is 13.2 Å². The molecule has 0 saturated carbocycles. The number of carbonyl (C=O) groups is 1. The molecule has 2 aliphatic heterocycles. The Kier molecular flexibility index (Phi) is 3.71. The normalized spacial score (nSPS) is 21.1. The van der Waals surface area contributed by atoms with Crippen molar-refractivity contribution in [3.8, 4) is 5.75 Å². The Bertz CT molecular complexity index is 493. The minimum absolute atomic E-state index is 0. The largest absolute Gasteiger partial charge is 0.494 e. The van der Waals surface area contributed by atoms with E-state index in [9.17, 15) is 4.79 Å². The zero-order chi connectivity index (χ0) is 12.0. The Labute approximate surface area is 117 Å². The fourth-order valence-corrected chi connectivity index (χ4v) is 2.87. The number of carbonyl (C=O) groups excluding carboxylic acids is 1. The second-order valence-corrected chi connectivity index (χ2v) is 4.67. The first kappa shape index (κ1) is 13.5. The van der Waals surface area contributed by atoms with Crippen molar-refractivity contribution in [2.75, 3.05) is 26.7 Å². The SMILES string of the molecule is COc1c(Cl)ccc2c1C(=O)N1CCNC[C@H]21.Cl. The number of methoxy groups -OCH3 is 1. The molecule has 1 amide bonds. The minimum Gasteiger partial charge on any atom is -0.494 e. The lowest BCUT2D eigenvalue weighted by Crippen LogP contribution is -2.44. The van der Waals surface area contributed by atoms with Gasteiger partial charge >= 0.3 is 0 Å². The van der Waals surface area contributed by atoms with Crippen LogP contribution in [0.4, 0.5) is 0 Å². The van der Waals surface area contributed by atoms with Crippen LogP contribution in [0.5, 0.6) is 5.75 Å². The van der Waals surface area contributed by atoms with E-state index in [0.717, 1.165) is 25.2 Å². The van der Waals surface area contributed by atoms with Gasteiger partial charge in [0.2, 0.25) is 0 Å². The van der Waals surface area contributed by atoms with Gasteiger partial charge in [-0.15, -0.1) is 12.4 Å². The van der Waals surface area contributed by atoms with Crippen LogP contribution < -0.4 is 10.1 Å². The molecule has 0 aromatic heterocycles. The predicted octanol–water partition coefficient (Wildman–Crippen LogP) is 1.87. The Morgan fingerprint density at radius 3 is 3.00 bits per heavy atom. The lowest BCUT2D eigenvalue weighted by Gasteiger charge is -2.30. The number of hydrogen-bond donors (Lipinski definition) is 1. The van der Waals surface area contributed by atoms with Gasteiger partial charge in [0.05, 0.1) is 23.7 Å². The first-order chi connectivity index (χ1) is 8.24. The zero-order valence-corrected chi connectivity index (χ0v) is 11.5. The molecule has 2 aliphatic rings. The predicted molar refractivity (Wildman–Crippen MR) is 71.9 cm³/mol. The van der Waals surface area contributed by atoms with Gasteiger partial charge in [-0.05, 0) is 11.6 Å². The van der Waals surface area contributed by atoms with Crippen LogP contribution in [-0.2, 0) is 0 Å². The molecule has 3 rings (SSSR count). The van der Waals surface area contributed by atoms with Gasteiger partial charge < -0.3 is 15.0 Å². The third kappa shape index (κ3) is 1.76. The number of benzene rings is 1. The molecule has 0 unspecified atom stereocenters. The Hall–Kier alpha value is -0.970. The van der Waals surface area contributed by atoms with Crippen LogP contribution in [0.1, 0.15) is 22.0 Å². The summed E-state index contributed by atoms with van der Waals surface area (Å²) in [6.07, 6.45) is 0. The quantitative estimate of drug-likeness (QED) is 0.858. The molecule has 1 fully saturated rings. The van der Waals surface area contributed by atoms with Crippen LogP contribution in [0.25, 0.3) is 0 Å². The Morgan fingerprint density at radius 1 is 1.50 bits per heavy atom. The summed E-state index contributed by atoms with van der Waals surface area (Å²) in [6.45, 7) is 2.37. The second kappa shape index (κ2) is 4.96. The molecule has 1 N–H and O–H groups in total. The number of nitrogens with one attached hydrogen (secondary N) is 1. The zero-order valence-electron chi connectivity index (χ0n) is 9.90. The van der Waals surface area contributed by atoms with Crippen molar-refractivity contribution in [3.63, 3.8) is 0 Å². The molecule has 0 spiro atoms. The summed E-state index contributed by atoms with van der Waals surface area (Å²) in [6, 6.07) is 3.85. The Morgan fingerprint density at radius 2 is 2.28 bits per heavy atom. The van der Waals surface area contributed by atoms with E-state index < -0.39 is 0 Å². The maximum absolute atomic E-state index is 12.3. The molecular formula is C12H14Cl2N2O2. The third-order valence-electron chi connectivity index (χ3n) is 3.42. The molecule has 98 valence electrons. The van der Waals surface area contributed by atoms with Crippen molar-refractivity contribution < 1.29 is 9.53 Å². The van der Waals surface area contributed by atoms with E-state index in [4.69, 9.17) is 16.3 Å². The summed E-state index contributed by atoms with van der Waals surface area (Å²) in [7, 11) is 1.55. The van der Waals surface area contributed by atoms with Crippen molar-refractivity contribution in [3.05, 3.63) is 28.3 Å². The lowest BCUT2D eigenvalue weighted by molar-refractivity contribution is 0.0689. The summed E-state index contributed by atoms with van der Waals surface area (Å²) in [4.78, 5) is 14.2. The average Bonchev–Trinajstić information content (AvgIpc) is 2.64. The standard InChI is InChI=1S/C12H13ClN2O2.ClH/c1-17-11-8(13)3-2-7-9-6-14-4-5-15(9)12(16)10(7)11;/h2-3,9,14H,4-6H2,1H3;1H/t9-;/m1./s1. The maximum Gasteiger partial charge on any atom is 0.258 e. The lowest BCUT2D eigenvalue weighted by atomic mass is 10.0. The third-order valence-corrected chi connectivity index (χ3v) is 3.72. The fourth-order valence-electron chi connectivity index (χ4n) is 2.64. The summed E-state index contributed by atoms with van der Waals surface area (Å²) in [5.74, 6) is 0.536. The van der Waals surface area contributed by atoms with Crippen LogP contribution in [0.15, 0.2) is 12.1 Å². The van der Waals surface area contributed by atoms with Crippen molar-refractivity contribution in [2.45, 2.75) is 6.04 Å². The fraction of sp³-hybridized carbons (Fsp3) is 0.417. The van der Waals surface area contributed by atoms with E-state index in [0.29, 0.717) is 16.3 Å². The first-order valence-corrected chi connectivity index (χ1v) is 6.00. The van der Waals surface area contributed by atoms with Gasteiger partial charge in [0.15, 0.2) is 5.75 Å². The highest BCUT2D eigenvalue weighted by Gasteiger charge is 2.40. The van der Waals surface area contributed by atoms with Crippen LogP contribution in [0.3, 0.4) is 0 Å². The average molecular weight is 289 g/mol. The van der Waals surface area contributed by atoms with E-state index in [1.165, 1.54) is 0 Å². The molecule has 6 heteroatoms. The van der Waals surface area contributed by atoms with Gasteiger partial charge in [-0.2, -0.15) is 0 Å². The van der Waals surface area contributed by atoms with Crippen molar-refractivity contribution in [2.24, 2.45) is 0 Å². The molecule has 1 aromatic rings. The van der Waals surface area contributed by atoms with Crippen molar-refractivity contribution in [1.82, 2.24) is 10.2 Å². The molecule has 0 bridgehead atoms. The topological polar surface area (TPSA) is 41.6 Å². The number of amides is 1. The highest BCUT2D eigenvalue weighted by molar-refractivity contribution is 6.32. The van der Waals surface area contributed by atoms with Gasteiger partial charge in [0.1, 0.15) is 0 Å². The number of nitrogens with zero attached hydrogens (tertiary/aromatic N) is 1. The van der Waals surface area contributed by atoms with E-state index >= 15 is 0 Å². The number of halogens is 2. The summed E-state index contributed by atoms with van der Waals surface area (Å²) >= 11 is 6.06. The monoisotopic (exact) mass is 288 g/mol. The molecule has 4 nitrogen and oxygen atoms in total. The molecule has 1 saturated heterocycles. The maximum atomic E-state index is 12.3. The van der Waals surface area contributed by atoms with Crippen LogP contribution in [0, 0.1) is 0 Å². The van der Waals surface area contributed by atoms with Crippen molar-refractivity contribution in [1.29, 1.82) is 0 Å². The molecule has 0 radical (unpaired) electrons. The Balaban J connectivity index is 0.00000120.